The van der Waals surface area contributed by atoms with Gasteiger partial charge in [0, 0.05) is 19.2 Å². The molecule has 0 saturated heterocycles. The van der Waals surface area contributed by atoms with E-state index in [2.05, 4.69) is 76.6 Å². The summed E-state index contributed by atoms with van der Waals surface area (Å²) in [5, 5.41) is 0. The van der Waals surface area contributed by atoms with E-state index >= 15 is 0 Å². The monoisotopic (exact) mass is 393 g/mol. The lowest BCUT2D eigenvalue weighted by atomic mass is 9.91. The first-order chi connectivity index (χ1) is 13.9. The highest BCUT2D eigenvalue weighted by atomic mass is 16.5. The molecule has 3 heteroatoms. The Morgan fingerprint density at radius 1 is 0.966 bits per heavy atom. The zero-order valence-electron chi connectivity index (χ0n) is 18.6. The van der Waals surface area contributed by atoms with Gasteiger partial charge < -0.3 is 14.4 Å². The van der Waals surface area contributed by atoms with E-state index in [4.69, 9.17) is 9.47 Å². The highest BCUT2D eigenvalue weighted by Crippen LogP contribution is 2.45. The topological polar surface area (TPSA) is 21.7 Å². The van der Waals surface area contributed by atoms with Crippen LogP contribution < -0.4 is 14.4 Å². The van der Waals surface area contributed by atoms with Gasteiger partial charge in [-0.25, -0.2) is 0 Å². The molecule has 0 spiro atoms. The van der Waals surface area contributed by atoms with E-state index in [1.165, 1.54) is 22.4 Å². The second-order valence-electron chi connectivity index (χ2n) is 8.82. The average molecular weight is 394 g/mol. The smallest absolute Gasteiger partial charge is 0.161 e. The van der Waals surface area contributed by atoms with Crippen molar-refractivity contribution in [3.8, 4) is 22.6 Å². The zero-order valence-corrected chi connectivity index (χ0v) is 18.6. The predicted molar refractivity (Wildman–Crippen MR) is 124 cm³/mol. The molecule has 0 saturated carbocycles. The molecule has 2 aromatic rings. The number of hydrogen-bond donors (Lipinski definition) is 0. The maximum atomic E-state index is 6.21. The Morgan fingerprint density at radius 3 is 2.17 bits per heavy atom. The minimum absolute atomic E-state index is 0.613. The van der Waals surface area contributed by atoms with E-state index in [1.54, 1.807) is 0 Å². The number of para-hydroxylation sites is 1. The number of hydrogen-bond acceptors (Lipinski definition) is 3. The molecule has 0 bridgehead atoms. The quantitative estimate of drug-likeness (QED) is 0.468. The third kappa shape index (κ3) is 4.95. The van der Waals surface area contributed by atoms with Gasteiger partial charge >= 0.3 is 0 Å². The van der Waals surface area contributed by atoms with Gasteiger partial charge in [-0.2, -0.15) is 0 Å². The number of anilines is 1. The summed E-state index contributed by atoms with van der Waals surface area (Å²) in [4.78, 5) is 2.30. The van der Waals surface area contributed by atoms with E-state index in [0.717, 1.165) is 36.4 Å². The van der Waals surface area contributed by atoms with Crippen molar-refractivity contribution in [2.75, 3.05) is 25.2 Å². The molecule has 3 rings (SSSR count). The van der Waals surface area contributed by atoms with E-state index in [0.29, 0.717) is 25.0 Å². The van der Waals surface area contributed by atoms with Crippen molar-refractivity contribution in [3.05, 3.63) is 48.0 Å². The van der Waals surface area contributed by atoms with Crippen molar-refractivity contribution in [3.63, 3.8) is 0 Å². The molecule has 0 amide bonds. The second-order valence-corrected chi connectivity index (χ2v) is 8.82. The van der Waals surface area contributed by atoms with Crippen LogP contribution in [0.3, 0.4) is 0 Å². The fourth-order valence-electron chi connectivity index (χ4n) is 3.72. The summed E-state index contributed by atoms with van der Waals surface area (Å²) in [6, 6.07) is 10.8. The Morgan fingerprint density at radius 2 is 1.59 bits per heavy atom. The highest BCUT2D eigenvalue weighted by Gasteiger charge is 2.24. The van der Waals surface area contributed by atoms with Gasteiger partial charge in [-0.15, -0.1) is 0 Å². The first-order valence-electron chi connectivity index (χ1n) is 10.8. The van der Waals surface area contributed by atoms with Crippen molar-refractivity contribution in [2.24, 2.45) is 11.8 Å². The Balaban J connectivity index is 1.99. The molecule has 1 aliphatic rings. The maximum absolute atomic E-state index is 6.21. The van der Waals surface area contributed by atoms with Gasteiger partial charge in [0.1, 0.15) is 0 Å². The van der Waals surface area contributed by atoms with Gasteiger partial charge in [0.25, 0.3) is 0 Å². The minimum atomic E-state index is 0.613. The van der Waals surface area contributed by atoms with Gasteiger partial charge in [0.2, 0.25) is 0 Å². The number of benzene rings is 2. The van der Waals surface area contributed by atoms with Crippen LogP contribution in [-0.4, -0.2) is 20.3 Å². The van der Waals surface area contributed by atoms with Crippen LogP contribution in [0.1, 0.15) is 51.7 Å². The van der Waals surface area contributed by atoms with Crippen molar-refractivity contribution < 1.29 is 9.47 Å². The first kappa shape index (κ1) is 21.3. The molecule has 0 radical (unpaired) electrons. The fourth-order valence-corrected chi connectivity index (χ4v) is 3.72. The Kier molecular flexibility index (Phi) is 6.89. The van der Waals surface area contributed by atoms with Crippen molar-refractivity contribution in [1.82, 2.24) is 0 Å². The summed E-state index contributed by atoms with van der Waals surface area (Å²) in [5.41, 5.74) is 6.13. The lowest BCUT2D eigenvalue weighted by Crippen LogP contribution is -2.22. The van der Waals surface area contributed by atoms with Crippen LogP contribution in [0, 0.1) is 11.8 Å². The van der Waals surface area contributed by atoms with Crippen molar-refractivity contribution in [1.29, 1.82) is 0 Å². The molecule has 156 valence electrons. The maximum Gasteiger partial charge on any atom is 0.161 e. The molecule has 0 aromatic heterocycles. The first-order valence-corrected chi connectivity index (χ1v) is 10.8. The summed E-state index contributed by atoms with van der Waals surface area (Å²) < 4.78 is 12.4. The molecule has 0 aliphatic carbocycles. The molecular weight excluding hydrogens is 358 g/mol. The molecule has 29 heavy (non-hydrogen) atoms. The molecule has 0 unspecified atom stereocenters. The van der Waals surface area contributed by atoms with E-state index < -0.39 is 0 Å². The van der Waals surface area contributed by atoms with Crippen LogP contribution in [0.2, 0.25) is 0 Å². The number of rotatable bonds is 9. The predicted octanol–water partition coefficient (Wildman–Crippen LogP) is 6.80. The Bertz CT molecular complexity index is 854. The van der Waals surface area contributed by atoms with Gasteiger partial charge in [-0.1, -0.05) is 58.5 Å². The molecule has 2 aromatic carbocycles. The summed E-state index contributed by atoms with van der Waals surface area (Å²) >= 11 is 0. The molecule has 0 fully saturated rings. The van der Waals surface area contributed by atoms with Crippen LogP contribution in [0.15, 0.2) is 36.9 Å². The van der Waals surface area contributed by atoms with E-state index in [9.17, 15) is 0 Å². The Hall–Kier alpha value is -2.42. The van der Waals surface area contributed by atoms with Gasteiger partial charge in [-0.3, -0.25) is 0 Å². The Labute approximate surface area is 176 Å². The van der Waals surface area contributed by atoms with Crippen LogP contribution in [0.4, 0.5) is 5.69 Å². The van der Waals surface area contributed by atoms with E-state index in [1.807, 2.05) is 6.08 Å². The van der Waals surface area contributed by atoms with Crippen LogP contribution in [0.25, 0.3) is 17.2 Å². The average Bonchev–Trinajstić information content (AvgIpc) is 2.67. The van der Waals surface area contributed by atoms with Gasteiger partial charge in [-0.05, 0) is 53.5 Å². The largest absolute Gasteiger partial charge is 0.490 e. The molecular formula is C26H35NO2. The van der Waals surface area contributed by atoms with Crippen molar-refractivity contribution in [2.45, 2.75) is 47.1 Å². The summed E-state index contributed by atoms with van der Waals surface area (Å²) in [6.45, 7) is 15.1. The molecule has 0 N–H and O–H groups in total. The number of fused-ring (bicyclic) bond motifs is 3. The molecule has 0 atom stereocenters. The van der Waals surface area contributed by atoms with Gasteiger partial charge in [0.15, 0.2) is 11.5 Å². The third-order valence-corrected chi connectivity index (χ3v) is 5.44. The number of ether oxygens (including phenoxy) is 2. The molecule has 3 nitrogen and oxygen atoms in total. The SMILES string of the molecule is C=Cc1cccc2c1N(C)Cc1cc(OCCC(C)C)c(OCCC(C)C)cc1-2. The fraction of sp³-hybridized carbons (Fsp3) is 0.462. The minimum Gasteiger partial charge on any atom is -0.490 e. The number of nitrogens with zero attached hydrogens (tertiary/aromatic N) is 1. The lowest BCUT2D eigenvalue weighted by molar-refractivity contribution is 0.246. The van der Waals surface area contributed by atoms with Crippen LogP contribution in [-0.2, 0) is 6.54 Å². The van der Waals surface area contributed by atoms with Crippen molar-refractivity contribution >= 4 is 11.8 Å². The normalized spacial score (nSPS) is 12.7. The van der Waals surface area contributed by atoms with E-state index in [-0.39, 0.29) is 0 Å². The summed E-state index contributed by atoms with van der Waals surface area (Å²) in [6.07, 6.45) is 4.00. The summed E-state index contributed by atoms with van der Waals surface area (Å²) in [7, 11) is 2.14. The van der Waals surface area contributed by atoms with Crippen LogP contribution >= 0.6 is 0 Å². The highest BCUT2D eigenvalue weighted by molar-refractivity contribution is 5.89. The third-order valence-electron chi connectivity index (χ3n) is 5.44. The second kappa shape index (κ2) is 9.39. The standard InChI is InChI=1S/C26H35NO2/c1-7-20-9-8-10-22-23-16-25(29-14-12-19(4)5)24(28-13-11-18(2)3)15-21(23)17-27(6)26(20)22/h7-10,15-16,18-19H,1,11-14,17H2,2-6H3. The zero-order chi connectivity index (χ0) is 21.0. The summed E-state index contributed by atoms with van der Waals surface area (Å²) in [5.74, 6) is 2.95. The molecule has 1 heterocycles. The van der Waals surface area contributed by atoms with Crippen LogP contribution in [0.5, 0.6) is 11.5 Å². The lowest BCUT2D eigenvalue weighted by Gasteiger charge is -2.32. The molecule has 1 aliphatic heterocycles. The van der Waals surface area contributed by atoms with Gasteiger partial charge in [0.05, 0.1) is 18.9 Å².